The zero-order chi connectivity index (χ0) is 11.5. The first-order chi connectivity index (χ1) is 7.66. The van der Waals surface area contributed by atoms with Crippen LogP contribution in [0.3, 0.4) is 0 Å². The first-order valence-corrected chi connectivity index (χ1v) is 7.38. The van der Waals surface area contributed by atoms with Gasteiger partial charge in [-0.25, -0.2) is 4.98 Å². The number of hydrogen-bond acceptors (Lipinski definition) is 2. The van der Waals surface area contributed by atoms with Gasteiger partial charge < -0.3 is 4.90 Å². The van der Waals surface area contributed by atoms with Crippen LogP contribution in [0.4, 0.5) is 5.82 Å². The van der Waals surface area contributed by atoms with Gasteiger partial charge in [0.1, 0.15) is 5.82 Å². The second-order valence-corrected chi connectivity index (χ2v) is 6.70. The quantitative estimate of drug-likeness (QED) is 0.755. The van der Waals surface area contributed by atoms with Gasteiger partial charge in [-0.05, 0) is 46.8 Å². The van der Waals surface area contributed by atoms with Crippen molar-refractivity contribution < 1.29 is 0 Å². The first kappa shape index (κ1) is 12.4. The SMILES string of the molecule is CC(Br)C1CCN(c2ccc(Br)cn2)CC1. The van der Waals surface area contributed by atoms with Crippen LogP contribution in [-0.2, 0) is 0 Å². The lowest BCUT2D eigenvalue weighted by Gasteiger charge is -2.34. The van der Waals surface area contributed by atoms with Crippen LogP contribution in [0.2, 0.25) is 0 Å². The molecule has 1 aromatic heterocycles. The maximum atomic E-state index is 4.44. The predicted octanol–water partition coefficient (Wildman–Crippen LogP) is 3.84. The molecule has 2 rings (SSSR count). The fraction of sp³-hybridized carbons (Fsp3) is 0.583. The van der Waals surface area contributed by atoms with E-state index in [0.717, 1.165) is 29.3 Å². The average Bonchev–Trinajstić information content (AvgIpc) is 2.30. The highest BCUT2D eigenvalue weighted by Gasteiger charge is 2.22. The Labute approximate surface area is 114 Å². The summed E-state index contributed by atoms with van der Waals surface area (Å²) in [5.74, 6) is 1.91. The Bertz CT molecular complexity index is 329. The molecule has 1 aromatic rings. The molecule has 0 aromatic carbocycles. The van der Waals surface area contributed by atoms with Gasteiger partial charge in [0.25, 0.3) is 0 Å². The zero-order valence-electron chi connectivity index (χ0n) is 9.37. The Morgan fingerprint density at radius 2 is 2.06 bits per heavy atom. The number of rotatable bonds is 2. The molecule has 1 aliphatic rings. The molecule has 0 N–H and O–H groups in total. The van der Waals surface area contributed by atoms with Crippen LogP contribution in [0.5, 0.6) is 0 Å². The summed E-state index contributed by atoms with van der Waals surface area (Å²) in [5, 5.41) is 0. The second-order valence-electron chi connectivity index (χ2n) is 4.34. The highest BCUT2D eigenvalue weighted by Crippen LogP contribution is 2.27. The van der Waals surface area contributed by atoms with Crippen LogP contribution in [0.1, 0.15) is 19.8 Å². The van der Waals surface area contributed by atoms with Crippen LogP contribution in [-0.4, -0.2) is 22.9 Å². The van der Waals surface area contributed by atoms with E-state index >= 15 is 0 Å². The van der Waals surface area contributed by atoms with E-state index in [0.29, 0.717) is 4.83 Å². The van der Waals surface area contributed by atoms with Crippen LogP contribution in [0.25, 0.3) is 0 Å². The van der Waals surface area contributed by atoms with Gasteiger partial charge in [0, 0.05) is 28.6 Å². The van der Waals surface area contributed by atoms with Crippen molar-refractivity contribution in [2.24, 2.45) is 5.92 Å². The minimum absolute atomic E-state index is 0.632. The molecule has 0 saturated carbocycles. The summed E-state index contributed by atoms with van der Waals surface area (Å²) in [6.07, 6.45) is 4.38. The van der Waals surface area contributed by atoms with Crippen molar-refractivity contribution in [1.29, 1.82) is 0 Å². The molecule has 0 aliphatic carbocycles. The van der Waals surface area contributed by atoms with Crippen LogP contribution >= 0.6 is 31.9 Å². The first-order valence-electron chi connectivity index (χ1n) is 5.67. The molecule has 2 heterocycles. The van der Waals surface area contributed by atoms with E-state index in [1.165, 1.54) is 12.8 Å². The molecule has 1 atom stereocenters. The molecule has 88 valence electrons. The Morgan fingerprint density at radius 1 is 1.38 bits per heavy atom. The summed E-state index contributed by atoms with van der Waals surface area (Å²) >= 11 is 7.09. The third kappa shape index (κ3) is 2.98. The van der Waals surface area contributed by atoms with E-state index in [1.807, 2.05) is 6.20 Å². The van der Waals surface area contributed by atoms with Crippen molar-refractivity contribution in [2.45, 2.75) is 24.6 Å². The molecule has 1 fully saturated rings. The van der Waals surface area contributed by atoms with E-state index in [2.05, 4.69) is 60.8 Å². The van der Waals surface area contributed by atoms with E-state index in [4.69, 9.17) is 0 Å². The molecule has 1 unspecified atom stereocenters. The maximum Gasteiger partial charge on any atom is 0.128 e. The molecular weight excluding hydrogens is 332 g/mol. The molecule has 0 bridgehead atoms. The monoisotopic (exact) mass is 346 g/mol. The van der Waals surface area contributed by atoms with E-state index in [1.54, 1.807) is 0 Å². The van der Waals surface area contributed by atoms with E-state index in [-0.39, 0.29) is 0 Å². The summed E-state index contributed by atoms with van der Waals surface area (Å²) < 4.78 is 1.04. The van der Waals surface area contributed by atoms with Crippen LogP contribution in [0, 0.1) is 5.92 Å². The molecule has 0 amide bonds. The average molecular weight is 348 g/mol. The number of aromatic nitrogens is 1. The van der Waals surface area contributed by atoms with Crippen molar-refractivity contribution in [3.63, 3.8) is 0 Å². The fourth-order valence-corrected chi connectivity index (χ4v) is 2.91. The van der Waals surface area contributed by atoms with E-state index in [9.17, 15) is 0 Å². The fourth-order valence-electron chi connectivity index (χ4n) is 2.14. The van der Waals surface area contributed by atoms with Crippen molar-refractivity contribution in [3.8, 4) is 0 Å². The van der Waals surface area contributed by atoms with Crippen LogP contribution < -0.4 is 4.90 Å². The minimum Gasteiger partial charge on any atom is -0.357 e. The largest absolute Gasteiger partial charge is 0.357 e. The molecule has 1 saturated heterocycles. The van der Waals surface area contributed by atoms with Gasteiger partial charge in [-0.3, -0.25) is 0 Å². The highest BCUT2D eigenvalue weighted by molar-refractivity contribution is 9.10. The minimum atomic E-state index is 0.632. The second kappa shape index (κ2) is 5.50. The number of pyridine rings is 1. The number of piperidine rings is 1. The highest BCUT2D eigenvalue weighted by atomic mass is 79.9. The van der Waals surface area contributed by atoms with Gasteiger partial charge in [-0.2, -0.15) is 0 Å². The molecule has 2 nitrogen and oxygen atoms in total. The maximum absolute atomic E-state index is 4.44. The summed E-state index contributed by atoms with van der Waals surface area (Å²) in [7, 11) is 0. The summed E-state index contributed by atoms with van der Waals surface area (Å²) in [5.41, 5.74) is 0. The number of nitrogens with zero attached hydrogens (tertiary/aromatic N) is 2. The number of alkyl halides is 1. The van der Waals surface area contributed by atoms with Crippen LogP contribution in [0.15, 0.2) is 22.8 Å². The summed E-state index contributed by atoms with van der Waals surface area (Å²) in [4.78, 5) is 7.44. The van der Waals surface area contributed by atoms with Crippen molar-refractivity contribution >= 4 is 37.7 Å². The standard InChI is InChI=1S/C12H16Br2N2/c1-9(13)10-4-6-16(7-5-10)12-3-2-11(14)8-15-12/h2-3,8-10H,4-7H2,1H3. The van der Waals surface area contributed by atoms with Gasteiger partial charge in [-0.1, -0.05) is 22.9 Å². The molecular formula is C12H16Br2N2. The zero-order valence-corrected chi connectivity index (χ0v) is 12.5. The molecule has 1 aliphatic heterocycles. The van der Waals surface area contributed by atoms with E-state index < -0.39 is 0 Å². The lowest BCUT2D eigenvalue weighted by Crippen LogP contribution is -2.36. The third-order valence-corrected chi connectivity index (χ3v) is 4.44. The van der Waals surface area contributed by atoms with Crippen molar-refractivity contribution in [3.05, 3.63) is 22.8 Å². The molecule has 0 spiro atoms. The van der Waals surface area contributed by atoms with Gasteiger partial charge in [0.05, 0.1) is 0 Å². The lowest BCUT2D eigenvalue weighted by atomic mass is 9.94. The molecule has 4 heteroatoms. The van der Waals surface area contributed by atoms with Crippen molar-refractivity contribution in [2.75, 3.05) is 18.0 Å². The Hall–Kier alpha value is -0.0900. The smallest absolute Gasteiger partial charge is 0.128 e. The summed E-state index contributed by atoms with van der Waals surface area (Å²) in [6.45, 7) is 4.49. The topological polar surface area (TPSA) is 16.1 Å². The normalized spacial score (nSPS) is 19.8. The van der Waals surface area contributed by atoms with Gasteiger partial charge in [0.2, 0.25) is 0 Å². The lowest BCUT2D eigenvalue weighted by molar-refractivity contribution is 0.405. The van der Waals surface area contributed by atoms with Crippen molar-refractivity contribution in [1.82, 2.24) is 4.98 Å². The van der Waals surface area contributed by atoms with Gasteiger partial charge in [0.15, 0.2) is 0 Å². The predicted molar refractivity (Wildman–Crippen MR) is 75.3 cm³/mol. The molecule has 0 radical (unpaired) electrons. The Morgan fingerprint density at radius 3 is 2.56 bits per heavy atom. The number of halogens is 2. The Balaban J connectivity index is 1.96. The Kier molecular flexibility index (Phi) is 4.25. The molecule has 16 heavy (non-hydrogen) atoms. The third-order valence-electron chi connectivity index (χ3n) is 3.22. The van der Waals surface area contributed by atoms with Gasteiger partial charge >= 0.3 is 0 Å². The van der Waals surface area contributed by atoms with Gasteiger partial charge in [-0.15, -0.1) is 0 Å². The number of hydrogen-bond donors (Lipinski definition) is 0. The summed E-state index contributed by atoms with van der Waals surface area (Å²) in [6, 6.07) is 4.14. The number of anilines is 1.